The molecule has 2 rings (SSSR count). The Morgan fingerprint density at radius 1 is 0.952 bits per heavy atom. The second kappa shape index (κ2) is 5.90. The van der Waals surface area contributed by atoms with E-state index in [-0.39, 0.29) is 10.3 Å². The first kappa shape index (κ1) is 15.6. The van der Waals surface area contributed by atoms with Crippen molar-refractivity contribution < 1.29 is 12.6 Å². The fourth-order valence-corrected chi connectivity index (χ4v) is 2.88. The standard InChI is InChI=1S/C17H20O3S/c1-4-17(2,3)14-10-12-15(13-11-14)20-21(18,19)16-8-6-5-7-9-16/h5-13H,4H2,1-3H3. The van der Waals surface area contributed by atoms with Gasteiger partial charge in [0.25, 0.3) is 0 Å². The van der Waals surface area contributed by atoms with Crippen LogP contribution in [-0.2, 0) is 15.5 Å². The van der Waals surface area contributed by atoms with Crippen LogP contribution in [0.3, 0.4) is 0 Å². The highest BCUT2D eigenvalue weighted by molar-refractivity contribution is 7.87. The van der Waals surface area contributed by atoms with Crippen LogP contribution in [0.5, 0.6) is 5.75 Å². The Labute approximate surface area is 126 Å². The van der Waals surface area contributed by atoms with Crippen molar-refractivity contribution in [2.45, 2.75) is 37.5 Å². The lowest BCUT2D eigenvalue weighted by Crippen LogP contribution is -2.15. The second-order valence-electron chi connectivity index (χ2n) is 5.61. The van der Waals surface area contributed by atoms with Crippen molar-refractivity contribution in [3.05, 3.63) is 60.2 Å². The van der Waals surface area contributed by atoms with Gasteiger partial charge in [-0.15, -0.1) is 0 Å². The van der Waals surface area contributed by atoms with Gasteiger partial charge in [0.05, 0.1) is 0 Å². The van der Waals surface area contributed by atoms with E-state index in [1.807, 2.05) is 12.1 Å². The van der Waals surface area contributed by atoms with Crippen molar-refractivity contribution in [3.63, 3.8) is 0 Å². The van der Waals surface area contributed by atoms with Crippen LogP contribution >= 0.6 is 0 Å². The molecule has 0 amide bonds. The molecule has 0 aromatic heterocycles. The van der Waals surface area contributed by atoms with Crippen molar-refractivity contribution in [1.29, 1.82) is 0 Å². The maximum Gasteiger partial charge on any atom is 0.339 e. The molecule has 0 spiro atoms. The van der Waals surface area contributed by atoms with E-state index in [2.05, 4.69) is 20.8 Å². The lowest BCUT2D eigenvalue weighted by atomic mass is 9.82. The lowest BCUT2D eigenvalue weighted by molar-refractivity contribution is 0.483. The van der Waals surface area contributed by atoms with Gasteiger partial charge in [-0.2, -0.15) is 8.42 Å². The molecule has 4 heteroatoms. The van der Waals surface area contributed by atoms with Gasteiger partial charge in [0.1, 0.15) is 10.6 Å². The molecule has 0 radical (unpaired) electrons. The maximum absolute atomic E-state index is 12.1. The molecule has 0 saturated carbocycles. The highest BCUT2D eigenvalue weighted by Crippen LogP contribution is 2.28. The highest BCUT2D eigenvalue weighted by Gasteiger charge is 2.19. The van der Waals surface area contributed by atoms with Crippen LogP contribution in [0.1, 0.15) is 32.8 Å². The van der Waals surface area contributed by atoms with Crippen molar-refractivity contribution in [2.24, 2.45) is 0 Å². The minimum atomic E-state index is -3.77. The molecule has 112 valence electrons. The molecule has 0 aliphatic rings. The zero-order valence-corrected chi connectivity index (χ0v) is 13.4. The predicted molar refractivity (Wildman–Crippen MR) is 84.0 cm³/mol. The van der Waals surface area contributed by atoms with E-state index in [0.29, 0.717) is 5.75 Å². The molecule has 21 heavy (non-hydrogen) atoms. The van der Waals surface area contributed by atoms with Gasteiger partial charge in [0.2, 0.25) is 0 Å². The number of hydrogen-bond donors (Lipinski definition) is 0. The summed E-state index contributed by atoms with van der Waals surface area (Å²) >= 11 is 0. The Morgan fingerprint density at radius 2 is 1.52 bits per heavy atom. The molecule has 0 aliphatic carbocycles. The van der Waals surface area contributed by atoms with E-state index in [1.54, 1.807) is 30.3 Å². The topological polar surface area (TPSA) is 43.4 Å². The van der Waals surface area contributed by atoms with Crippen molar-refractivity contribution in [2.75, 3.05) is 0 Å². The molecule has 0 unspecified atom stereocenters. The minimum Gasteiger partial charge on any atom is -0.379 e. The third-order valence-corrected chi connectivity index (χ3v) is 5.02. The van der Waals surface area contributed by atoms with E-state index in [1.165, 1.54) is 12.1 Å². The van der Waals surface area contributed by atoms with Crippen LogP contribution in [-0.4, -0.2) is 8.42 Å². The van der Waals surface area contributed by atoms with Crippen molar-refractivity contribution >= 4 is 10.1 Å². The van der Waals surface area contributed by atoms with Gasteiger partial charge < -0.3 is 4.18 Å². The molecule has 2 aromatic rings. The summed E-state index contributed by atoms with van der Waals surface area (Å²) in [7, 11) is -3.77. The zero-order valence-electron chi connectivity index (χ0n) is 12.5. The van der Waals surface area contributed by atoms with Crippen LogP contribution in [0.2, 0.25) is 0 Å². The molecular formula is C17H20O3S. The van der Waals surface area contributed by atoms with E-state index in [0.717, 1.165) is 12.0 Å². The van der Waals surface area contributed by atoms with Crippen LogP contribution in [0, 0.1) is 0 Å². The number of benzene rings is 2. The van der Waals surface area contributed by atoms with Crippen LogP contribution < -0.4 is 4.18 Å². The number of rotatable bonds is 5. The van der Waals surface area contributed by atoms with Crippen molar-refractivity contribution in [3.8, 4) is 5.75 Å². The van der Waals surface area contributed by atoms with Crippen LogP contribution in [0.4, 0.5) is 0 Å². The Balaban J connectivity index is 2.22. The second-order valence-corrected chi connectivity index (χ2v) is 7.16. The Bertz CT molecular complexity index is 687. The van der Waals surface area contributed by atoms with Gasteiger partial charge in [0, 0.05) is 0 Å². The van der Waals surface area contributed by atoms with Gasteiger partial charge in [-0.05, 0) is 41.7 Å². The normalized spacial score (nSPS) is 12.1. The fourth-order valence-electron chi connectivity index (χ4n) is 1.93. The zero-order chi connectivity index (χ0) is 15.5. The molecule has 3 nitrogen and oxygen atoms in total. The summed E-state index contributed by atoms with van der Waals surface area (Å²) in [5.41, 5.74) is 1.23. The molecule has 0 heterocycles. The Hall–Kier alpha value is -1.81. The summed E-state index contributed by atoms with van der Waals surface area (Å²) in [6, 6.07) is 15.4. The van der Waals surface area contributed by atoms with Crippen LogP contribution in [0.15, 0.2) is 59.5 Å². The molecule has 0 fully saturated rings. The summed E-state index contributed by atoms with van der Waals surface area (Å²) in [6.07, 6.45) is 1.01. The molecule has 0 aliphatic heterocycles. The third-order valence-electron chi connectivity index (χ3n) is 3.76. The summed E-state index contributed by atoms with van der Waals surface area (Å²) in [5, 5.41) is 0. The molecule has 0 bridgehead atoms. The average molecular weight is 304 g/mol. The van der Waals surface area contributed by atoms with Gasteiger partial charge in [-0.25, -0.2) is 0 Å². The van der Waals surface area contributed by atoms with Gasteiger partial charge >= 0.3 is 10.1 Å². The van der Waals surface area contributed by atoms with Crippen molar-refractivity contribution in [1.82, 2.24) is 0 Å². The van der Waals surface area contributed by atoms with Crippen LogP contribution in [0.25, 0.3) is 0 Å². The molecule has 2 aromatic carbocycles. The number of hydrogen-bond acceptors (Lipinski definition) is 3. The summed E-state index contributed by atoms with van der Waals surface area (Å²) in [6.45, 7) is 6.44. The fraction of sp³-hybridized carbons (Fsp3) is 0.294. The third kappa shape index (κ3) is 3.64. The molecular weight excluding hydrogens is 284 g/mol. The highest BCUT2D eigenvalue weighted by atomic mass is 32.2. The monoisotopic (exact) mass is 304 g/mol. The predicted octanol–water partition coefficient (Wildman–Crippen LogP) is 4.14. The first-order valence-corrected chi connectivity index (χ1v) is 8.36. The van der Waals surface area contributed by atoms with E-state index in [9.17, 15) is 8.42 Å². The van der Waals surface area contributed by atoms with E-state index in [4.69, 9.17) is 4.18 Å². The molecule has 0 saturated heterocycles. The minimum absolute atomic E-state index is 0.0663. The van der Waals surface area contributed by atoms with Gasteiger partial charge in [0.15, 0.2) is 0 Å². The summed E-state index contributed by atoms with van der Waals surface area (Å²) in [5.74, 6) is 0.328. The smallest absolute Gasteiger partial charge is 0.339 e. The molecule has 0 atom stereocenters. The van der Waals surface area contributed by atoms with Gasteiger partial charge in [-0.3, -0.25) is 0 Å². The van der Waals surface area contributed by atoms with E-state index < -0.39 is 10.1 Å². The van der Waals surface area contributed by atoms with Gasteiger partial charge in [-0.1, -0.05) is 51.1 Å². The average Bonchev–Trinajstić information content (AvgIpc) is 2.48. The first-order chi connectivity index (χ1) is 9.85. The lowest BCUT2D eigenvalue weighted by Gasteiger charge is -2.23. The molecule has 0 N–H and O–H groups in total. The Morgan fingerprint density at radius 3 is 2.05 bits per heavy atom. The summed E-state index contributed by atoms with van der Waals surface area (Å²) < 4.78 is 29.4. The largest absolute Gasteiger partial charge is 0.379 e. The quantitative estimate of drug-likeness (QED) is 0.780. The SMILES string of the molecule is CCC(C)(C)c1ccc(OS(=O)(=O)c2ccccc2)cc1. The van der Waals surface area contributed by atoms with E-state index >= 15 is 0 Å². The Kier molecular flexibility index (Phi) is 4.37. The maximum atomic E-state index is 12.1. The summed E-state index contributed by atoms with van der Waals surface area (Å²) in [4.78, 5) is 0.156. The first-order valence-electron chi connectivity index (χ1n) is 6.95.